The molecule has 0 unspecified atom stereocenters. The molecule has 9 aromatic carbocycles. The molecule has 0 spiro atoms. The number of hydrogen-bond acceptors (Lipinski definition) is 3. The van der Waals surface area contributed by atoms with Gasteiger partial charge in [-0.2, -0.15) is 0 Å². The second kappa shape index (κ2) is 13.6. The maximum absolute atomic E-state index is 7.06. The molecule has 11 aromatic rings. The van der Waals surface area contributed by atoms with E-state index in [0.29, 0.717) is 0 Å². The summed E-state index contributed by atoms with van der Waals surface area (Å²) in [4.78, 5) is 2.35. The quantitative estimate of drug-likeness (QED) is 0.164. The minimum absolute atomic E-state index is 0.812. The highest BCUT2D eigenvalue weighted by molar-refractivity contribution is 6.25. The molecule has 0 aliphatic rings. The summed E-state index contributed by atoms with van der Waals surface area (Å²) in [5, 5.41) is 4.14. The van der Waals surface area contributed by atoms with E-state index in [1.165, 1.54) is 27.8 Å². The van der Waals surface area contributed by atoms with Crippen molar-refractivity contribution in [3.63, 3.8) is 0 Å². The van der Waals surface area contributed by atoms with Gasteiger partial charge in [0.15, 0.2) is 0 Å². The van der Waals surface area contributed by atoms with Crippen molar-refractivity contribution in [3.8, 4) is 44.5 Å². The van der Waals surface area contributed by atoms with Gasteiger partial charge in [-0.3, -0.25) is 0 Å². The topological polar surface area (TPSA) is 29.5 Å². The molecule has 0 aliphatic carbocycles. The van der Waals surface area contributed by atoms with Gasteiger partial charge in [-0.15, -0.1) is 0 Å². The molecule has 3 heteroatoms. The predicted octanol–water partition coefficient (Wildman–Crippen LogP) is 15.6. The summed E-state index contributed by atoms with van der Waals surface area (Å²) in [6.07, 6.45) is 0. The summed E-state index contributed by atoms with van der Waals surface area (Å²) in [7, 11) is 0. The van der Waals surface area contributed by atoms with Crippen molar-refractivity contribution in [1.82, 2.24) is 0 Å². The lowest BCUT2D eigenvalue weighted by atomic mass is 9.94. The molecule has 0 bridgehead atoms. The van der Waals surface area contributed by atoms with Gasteiger partial charge in [0, 0.05) is 33.1 Å². The highest BCUT2D eigenvalue weighted by Crippen LogP contribution is 2.49. The average Bonchev–Trinajstić information content (AvgIpc) is 3.85. The molecule has 3 nitrogen and oxygen atoms in total. The fraction of sp³-hybridized carbons (Fsp3) is 0. The fourth-order valence-corrected chi connectivity index (χ4v) is 8.39. The zero-order valence-electron chi connectivity index (χ0n) is 31.0. The maximum Gasteiger partial charge on any atom is 0.144 e. The Morgan fingerprint density at radius 1 is 0.298 bits per heavy atom. The van der Waals surface area contributed by atoms with Crippen molar-refractivity contribution in [2.75, 3.05) is 4.90 Å². The molecule has 268 valence electrons. The van der Waals surface area contributed by atoms with E-state index in [4.69, 9.17) is 8.83 Å². The van der Waals surface area contributed by atoms with Crippen molar-refractivity contribution < 1.29 is 8.83 Å². The summed E-state index contributed by atoms with van der Waals surface area (Å²) in [6, 6.07) is 74.9. The van der Waals surface area contributed by atoms with Crippen LogP contribution in [0.2, 0.25) is 0 Å². The Bertz CT molecular complexity index is 3120. The van der Waals surface area contributed by atoms with Gasteiger partial charge in [0.25, 0.3) is 0 Å². The van der Waals surface area contributed by atoms with Crippen LogP contribution in [0.5, 0.6) is 0 Å². The smallest absolute Gasteiger partial charge is 0.144 e. The van der Waals surface area contributed by atoms with Crippen LogP contribution in [0.25, 0.3) is 88.4 Å². The average molecular weight is 730 g/mol. The Morgan fingerprint density at radius 2 is 0.789 bits per heavy atom. The highest BCUT2D eigenvalue weighted by Gasteiger charge is 2.25. The van der Waals surface area contributed by atoms with E-state index in [2.05, 4.69) is 205 Å². The number of benzene rings is 9. The number of hydrogen-bond donors (Lipinski definition) is 0. The van der Waals surface area contributed by atoms with Gasteiger partial charge in [0.2, 0.25) is 0 Å². The van der Waals surface area contributed by atoms with Gasteiger partial charge in [-0.25, -0.2) is 0 Å². The molecular weight excluding hydrogens is 695 g/mol. The largest absolute Gasteiger partial charge is 0.456 e. The maximum atomic E-state index is 7.06. The molecule has 0 saturated carbocycles. The van der Waals surface area contributed by atoms with Crippen molar-refractivity contribution in [2.45, 2.75) is 0 Å². The number of para-hydroxylation sites is 1. The monoisotopic (exact) mass is 729 g/mol. The number of furan rings is 2. The van der Waals surface area contributed by atoms with Gasteiger partial charge >= 0.3 is 0 Å². The molecule has 57 heavy (non-hydrogen) atoms. The molecule has 0 aliphatic heterocycles. The zero-order chi connectivity index (χ0) is 37.7. The van der Waals surface area contributed by atoms with Crippen molar-refractivity contribution >= 4 is 60.9 Å². The van der Waals surface area contributed by atoms with Crippen LogP contribution < -0.4 is 4.90 Å². The number of rotatable bonds is 7. The van der Waals surface area contributed by atoms with Crippen molar-refractivity contribution in [1.29, 1.82) is 0 Å². The number of anilines is 3. The summed E-state index contributed by atoms with van der Waals surface area (Å²) < 4.78 is 13.7. The van der Waals surface area contributed by atoms with Crippen molar-refractivity contribution in [3.05, 3.63) is 212 Å². The van der Waals surface area contributed by atoms with Crippen LogP contribution in [0, 0.1) is 0 Å². The van der Waals surface area contributed by atoms with E-state index in [1.807, 2.05) is 12.1 Å². The molecule has 11 rings (SSSR count). The first-order chi connectivity index (χ1) is 28.3. The van der Waals surface area contributed by atoms with Gasteiger partial charge in [-0.05, 0) is 93.5 Å². The Labute approximate surface area is 330 Å². The van der Waals surface area contributed by atoms with Crippen LogP contribution in [0.1, 0.15) is 0 Å². The lowest BCUT2D eigenvalue weighted by Gasteiger charge is -2.26. The van der Waals surface area contributed by atoms with E-state index in [1.54, 1.807) is 0 Å². The number of nitrogens with zero attached hydrogens (tertiary/aromatic N) is 1. The SMILES string of the molecule is c1ccc(-c2ccc(N(c3ccc(-c4ccccc4)cc3)c3cccc4oc5c(-c6cccc(-c7ccccc7)c6)c6c(cc5c34)oc3ccccc36)cc2)cc1. The molecule has 0 saturated heterocycles. The Kier molecular flexibility index (Phi) is 7.82. The van der Waals surface area contributed by atoms with Crippen LogP contribution >= 0.6 is 0 Å². The van der Waals surface area contributed by atoms with Gasteiger partial charge in [0.05, 0.1) is 11.1 Å². The first kappa shape index (κ1) is 32.8. The van der Waals surface area contributed by atoms with E-state index in [0.717, 1.165) is 77.6 Å². The normalized spacial score (nSPS) is 11.5. The van der Waals surface area contributed by atoms with Crippen LogP contribution in [0.3, 0.4) is 0 Å². The molecule has 0 radical (unpaired) electrons. The number of fused-ring (bicyclic) bond motifs is 6. The predicted molar refractivity (Wildman–Crippen MR) is 237 cm³/mol. The lowest BCUT2D eigenvalue weighted by Crippen LogP contribution is -2.10. The third-order valence-electron chi connectivity index (χ3n) is 11.1. The fourth-order valence-electron chi connectivity index (χ4n) is 8.39. The van der Waals surface area contributed by atoms with Crippen LogP contribution in [-0.2, 0) is 0 Å². The Hall–Kier alpha value is -7.62. The van der Waals surface area contributed by atoms with Crippen molar-refractivity contribution in [2.24, 2.45) is 0 Å². The molecule has 2 aromatic heterocycles. The van der Waals surface area contributed by atoms with E-state index in [-0.39, 0.29) is 0 Å². The summed E-state index contributed by atoms with van der Waals surface area (Å²) in [5.41, 5.74) is 15.5. The lowest BCUT2D eigenvalue weighted by molar-refractivity contribution is 0.664. The Balaban J connectivity index is 1.16. The first-order valence-electron chi connectivity index (χ1n) is 19.3. The molecule has 0 amide bonds. The molecular formula is C54H35NO2. The first-order valence-corrected chi connectivity index (χ1v) is 19.3. The minimum Gasteiger partial charge on any atom is -0.456 e. The van der Waals surface area contributed by atoms with E-state index < -0.39 is 0 Å². The minimum atomic E-state index is 0.812. The molecule has 0 N–H and O–H groups in total. The zero-order valence-corrected chi connectivity index (χ0v) is 31.0. The molecule has 2 heterocycles. The summed E-state index contributed by atoms with van der Waals surface area (Å²) in [5.74, 6) is 0. The Morgan fingerprint density at radius 3 is 1.42 bits per heavy atom. The molecule has 0 fully saturated rings. The molecule has 0 atom stereocenters. The van der Waals surface area contributed by atoms with Gasteiger partial charge < -0.3 is 13.7 Å². The van der Waals surface area contributed by atoms with Crippen LogP contribution in [0.15, 0.2) is 221 Å². The second-order valence-corrected chi connectivity index (χ2v) is 14.5. The highest BCUT2D eigenvalue weighted by atomic mass is 16.3. The van der Waals surface area contributed by atoms with Gasteiger partial charge in [0.1, 0.15) is 22.3 Å². The summed E-state index contributed by atoms with van der Waals surface area (Å²) >= 11 is 0. The second-order valence-electron chi connectivity index (χ2n) is 14.5. The standard InChI is InChI=1S/C54H35NO2/c1-4-14-36(15-5-1)39-26-30-43(31-27-39)55(44-32-28-40(29-33-44)37-16-6-2-7-17-37)47-23-13-25-49-52(47)46-35-50-53(45-22-10-11-24-48(45)56-50)51(54(46)57-49)42-21-12-20-41(34-42)38-18-8-3-9-19-38/h1-35H. The van der Waals surface area contributed by atoms with Gasteiger partial charge in [-0.1, -0.05) is 158 Å². The van der Waals surface area contributed by atoms with Crippen LogP contribution in [-0.4, -0.2) is 0 Å². The van der Waals surface area contributed by atoms with E-state index in [9.17, 15) is 0 Å². The third kappa shape index (κ3) is 5.68. The van der Waals surface area contributed by atoms with Crippen LogP contribution in [0.4, 0.5) is 17.1 Å². The summed E-state index contributed by atoms with van der Waals surface area (Å²) in [6.45, 7) is 0. The third-order valence-corrected chi connectivity index (χ3v) is 11.1. The van der Waals surface area contributed by atoms with E-state index >= 15 is 0 Å².